The quantitative estimate of drug-likeness (QED) is 0.723. The van der Waals surface area contributed by atoms with Crippen LogP contribution in [0, 0.1) is 12.8 Å². The van der Waals surface area contributed by atoms with Gasteiger partial charge in [0.15, 0.2) is 0 Å². The van der Waals surface area contributed by atoms with Gasteiger partial charge in [-0.05, 0) is 57.9 Å². The molecule has 4 rings (SSSR count). The molecule has 0 aliphatic carbocycles. The van der Waals surface area contributed by atoms with Crippen molar-refractivity contribution in [3.05, 3.63) is 64.2 Å². The van der Waals surface area contributed by atoms with Gasteiger partial charge in [-0.15, -0.1) is 0 Å². The summed E-state index contributed by atoms with van der Waals surface area (Å²) in [6.45, 7) is 8.80. The third-order valence-corrected chi connectivity index (χ3v) is 6.54. The fourth-order valence-electron chi connectivity index (χ4n) is 4.67. The first-order chi connectivity index (χ1) is 14.3. The molecule has 0 radical (unpaired) electrons. The zero-order chi connectivity index (χ0) is 21.3. The third kappa shape index (κ3) is 4.81. The molecule has 4 nitrogen and oxygen atoms in total. The number of halogens is 1. The van der Waals surface area contributed by atoms with Crippen molar-refractivity contribution >= 4 is 17.5 Å². The molecule has 2 heterocycles. The van der Waals surface area contributed by atoms with Crippen LogP contribution in [0.2, 0.25) is 5.02 Å². The van der Waals surface area contributed by atoms with Crippen molar-refractivity contribution < 1.29 is 9.53 Å². The summed E-state index contributed by atoms with van der Waals surface area (Å²) in [4.78, 5) is 15.6. The molecule has 0 aromatic heterocycles. The van der Waals surface area contributed by atoms with Crippen molar-refractivity contribution in [3.8, 4) is 5.75 Å². The molecule has 1 fully saturated rings. The minimum Gasteiger partial charge on any atom is -0.487 e. The smallest absolute Gasteiger partial charge is 0.224 e. The van der Waals surface area contributed by atoms with Crippen molar-refractivity contribution in [2.24, 2.45) is 5.92 Å². The Morgan fingerprint density at radius 2 is 2.07 bits per heavy atom. The second-order valence-corrected chi connectivity index (χ2v) is 9.74. The molecule has 0 bridgehead atoms. The van der Waals surface area contributed by atoms with Gasteiger partial charge in [0.05, 0.1) is 12.0 Å². The Balaban J connectivity index is 1.45. The zero-order valence-corrected chi connectivity index (χ0v) is 18.8. The first-order valence-corrected chi connectivity index (χ1v) is 11.2. The highest BCUT2D eigenvalue weighted by Crippen LogP contribution is 2.40. The number of carbonyl (C=O) groups excluding carboxylic acids is 1. The lowest BCUT2D eigenvalue weighted by atomic mass is 9.88. The largest absolute Gasteiger partial charge is 0.487 e. The number of likely N-dealkylation sites (tertiary alicyclic amines) is 1. The van der Waals surface area contributed by atoms with Crippen molar-refractivity contribution in [1.29, 1.82) is 0 Å². The molecule has 2 atom stereocenters. The fourth-order valence-corrected chi connectivity index (χ4v) is 4.87. The van der Waals surface area contributed by atoms with Crippen LogP contribution in [0.5, 0.6) is 5.75 Å². The van der Waals surface area contributed by atoms with Gasteiger partial charge in [-0.25, -0.2) is 0 Å². The fraction of sp³-hybridized carbons (Fsp3) is 0.480. The average Bonchev–Trinajstić information content (AvgIpc) is 2.70. The van der Waals surface area contributed by atoms with E-state index in [2.05, 4.69) is 49.2 Å². The van der Waals surface area contributed by atoms with Gasteiger partial charge in [-0.3, -0.25) is 9.69 Å². The molecule has 1 amide bonds. The van der Waals surface area contributed by atoms with Crippen LogP contribution in [-0.2, 0) is 11.3 Å². The highest BCUT2D eigenvalue weighted by molar-refractivity contribution is 6.31. The number of fused-ring (bicyclic) bond motifs is 1. The van der Waals surface area contributed by atoms with Gasteiger partial charge in [-0.2, -0.15) is 0 Å². The number of nitrogens with one attached hydrogen (secondary N) is 1. The number of rotatable bonds is 4. The van der Waals surface area contributed by atoms with Crippen LogP contribution < -0.4 is 10.1 Å². The first kappa shape index (κ1) is 21.2. The highest BCUT2D eigenvalue weighted by Gasteiger charge is 2.36. The van der Waals surface area contributed by atoms with Gasteiger partial charge < -0.3 is 10.1 Å². The van der Waals surface area contributed by atoms with E-state index >= 15 is 0 Å². The monoisotopic (exact) mass is 426 g/mol. The lowest BCUT2D eigenvalue weighted by Crippen LogP contribution is -2.46. The van der Waals surface area contributed by atoms with Crippen molar-refractivity contribution in [2.45, 2.75) is 58.2 Å². The molecule has 2 aromatic carbocycles. The number of ether oxygens (including phenoxy) is 1. The first-order valence-electron chi connectivity index (χ1n) is 10.9. The van der Waals surface area contributed by atoms with Crippen molar-refractivity contribution in [1.82, 2.24) is 10.2 Å². The predicted molar refractivity (Wildman–Crippen MR) is 121 cm³/mol. The molecule has 0 saturated carbocycles. The average molecular weight is 427 g/mol. The topological polar surface area (TPSA) is 41.6 Å². The lowest BCUT2D eigenvalue weighted by molar-refractivity contribution is -0.128. The summed E-state index contributed by atoms with van der Waals surface area (Å²) in [7, 11) is 0. The van der Waals surface area contributed by atoms with Crippen LogP contribution >= 0.6 is 11.6 Å². The Kier molecular flexibility index (Phi) is 6.08. The summed E-state index contributed by atoms with van der Waals surface area (Å²) in [5, 5.41) is 4.14. The Labute approximate surface area is 184 Å². The molecular weight excluding hydrogens is 396 g/mol. The molecule has 30 heavy (non-hydrogen) atoms. The van der Waals surface area contributed by atoms with Crippen LogP contribution in [0.25, 0.3) is 0 Å². The summed E-state index contributed by atoms with van der Waals surface area (Å²) < 4.78 is 6.15. The summed E-state index contributed by atoms with van der Waals surface area (Å²) in [5.41, 5.74) is 3.09. The predicted octanol–water partition coefficient (Wildman–Crippen LogP) is 5.28. The highest BCUT2D eigenvalue weighted by atomic mass is 35.5. The number of aryl methyl sites for hydroxylation is 1. The summed E-state index contributed by atoms with van der Waals surface area (Å²) >= 11 is 6.34. The van der Waals surface area contributed by atoms with Crippen LogP contribution in [0.4, 0.5) is 0 Å². The van der Waals surface area contributed by atoms with Gasteiger partial charge in [0.25, 0.3) is 0 Å². The molecular formula is C25H31ClN2O2. The second-order valence-electron chi connectivity index (χ2n) is 9.33. The summed E-state index contributed by atoms with van der Waals surface area (Å²) in [6, 6.07) is 14.2. The normalized spacial score (nSPS) is 23.3. The van der Waals surface area contributed by atoms with E-state index in [1.807, 2.05) is 24.3 Å². The molecule has 2 aliphatic heterocycles. The van der Waals surface area contributed by atoms with E-state index in [0.717, 1.165) is 60.8 Å². The maximum atomic E-state index is 13.2. The molecule has 1 N–H and O–H groups in total. The van der Waals surface area contributed by atoms with E-state index in [9.17, 15) is 4.79 Å². The molecule has 160 valence electrons. The van der Waals surface area contributed by atoms with Crippen LogP contribution in [0.1, 0.15) is 55.8 Å². The number of carbonyl (C=O) groups is 1. The maximum absolute atomic E-state index is 13.2. The van der Waals surface area contributed by atoms with E-state index in [-0.39, 0.29) is 23.5 Å². The molecule has 5 heteroatoms. The Morgan fingerprint density at radius 1 is 1.27 bits per heavy atom. The van der Waals surface area contributed by atoms with E-state index in [1.54, 1.807) is 0 Å². The van der Waals surface area contributed by atoms with E-state index in [4.69, 9.17) is 16.3 Å². The molecule has 0 spiro atoms. The standard InChI is InChI=1S/C25H31ClN2O2/c1-17-10-11-23-20(13-17)22(14-25(2,3)30-23)27-24(29)19-8-6-12-28(16-19)15-18-7-4-5-9-21(18)26/h4-5,7,9-11,13,19,22H,6,8,12,14-16H2,1-3H3,(H,27,29)/t19-,22-/m1/s1. The van der Waals surface area contributed by atoms with E-state index < -0.39 is 0 Å². The van der Waals surface area contributed by atoms with Gasteiger partial charge in [0, 0.05) is 30.1 Å². The van der Waals surface area contributed by atoms with Crippen LogP contribution in [0.15, 0.2) is 42.5 Å². The summed E-state index contributed by atoms with van der Waals surface area (Å²) in [5.74, 6) is 1.03. The van der Waals surface area contributed by atoms with E-state index in [0.29, 0.717) is 0 Å². The maximum Gasteiger partial charge on any atom is 0.224 e. The van der Waals surface area contributed by atoms with Gasteiger partial charge in [0.2, 0.25) is 5.91 Å². The number of hydrogen-bond acceptors (Lipinski definition) is 3. The third-order valence-electron chi connectivity index (χ3n) is 6.17. The SMILES string of the molecule is Cc1ccc2c(c1)[C@H](NC(=O)[C@@H]1CCCN(Cc3ccccc3Cl)C1)CC(C)(C)O2. The number of piperidine rings is 1. The van der Waals surface area contributed by atoms with Crippen molar-refractivity contribution in [2.75, 3.05) is 13.1 Å². The molecule has 1 saturated heterocycles. The number of nitrogens with zero attached hydrogens (tertiary/aromatic N) is 1. The number of amides is 1. The minimum absolute atomic E-state index is 0.000420. The van der Waals surface area contributed by atoms with Gasteiger partial charge in [-0.1, -0.05) is 47.5 Å². The zero-order valence-electron chi connectivity index (χ0n) is 18.1. The molecule has 2 aliphatic rings. The lowest BCUT2D eigenvalue weighted by Gasteiger charge is -2.39. The van der Waals surface area contributed by atoms with Crippen LogP contribution in [0.3, 0.4) is 0 Å². The molecule has 0 unspecified atom stereocenters. The van der Waals surface area contributed by atoms with Gasteiger partial charge >= 0.3 is 0 Å². The number of benzene rings is 2. The van der Waals surface area contributed by atoms with E-state index in [1.165, 1.54) is 5.56 Å². The summed E-state index contributed by atoms with van der Waals surface area (Å²) in [6.07, 6.45) is 2.72. The Bertz CT molecular complexity index is 927. The molecule has 2 aromatic rings. The number of hydrogen-bond donors (Lipinski definition) is 1. The Morgan fingerprint density at radius 3 is 2.87 bits per heavy atom. The Hall–Kier alpha value is -2.04. The van der Waals surface area contributed by atoms with Crippen LogP contribution in [-0.4, -0.2) is 29.5 Å². The minimum atomic E-state index is -0.303. The second kappa shape index (κ2) is 8.60. The van der Waals surface area contributed by atoms with Gasteiger partial charge in [0.1, 0.15) is 11.4 Å². The van der Waals surface area contributed by atoms with Crippen molar-refractivity contribution in [3.63, 3.8) is 0 Å².